The summed E-state index contributed by atoms with van der Waals surface area (Å²) in [6, 6.07) is 5.12. The Morgan fingerprint density at radius 3 is 2.39 bits per heavy atom. The van der Waals surface area contributed by atoms with Crippen LogP contribution in [0.5, 0.6) is 0 Å². The first-order valence-corrected chi connectivity index (χ1v) is 6.62. The quantitative estimate of drug-likeness (QED) is 0.765. The Morgan fingerprint density at radius 1 is 1.06 bits per heavy atom. The van der Waals surface area contributed by atoms with Crippen LogP contribution >= 0.6 is 46.4 Å². The maximum absolute atomic E-state index is 6.21. The molecule has 0 spiro atoms. The van der Waals surface area contributed by atoms with E-state index in [0.717, 1.165) is 0 Å². The molecule has 1 aromatic rings. The zero-order valence-electron chi connectivity index (χ0n) is 9.18. The molecule has 2 nitrogen and oxygen atoms in total. The first-order chi connectivity index (χ1) is 8.31. The van der Waals surface area contributed by atoms with Crippen LogP contribution in [0.25, 0.3) is 5.57 Å². The molecule has 1 aliphatic rings. The lowest BCUT2D eigenvalue weighted by Crippen LogP contribution is -2.50. The van der Waals surface area contributed by atoms with E-state index in [4.69, 9.17) is 57.9 Å². The van der Waals surface area contributed by atoms with Crippen molar-refractivity contribution in [3.05, 3.63) is 49.9 Å². The second kappa shape index (κ2) is 5.04. The van der Waals surface area contributed by atoms with Crippen molar-refractivity contribution in [2.24, 2.45) is 11.5 Å². The summed E-state index contributed by atoms with van der Waals surface area (Å²) >= 11 is 24.3. The fourth-order valence-corrected chi connectivity index (χ4v) is 2.65. The molecule has 1 aliphatic carbocycles. The van der Waals surface area contributed by atoms with Crippen molar-refractivity contribution < 1.29 is 0 Å². The molecular weight excluding hydrogens is 314 g/mol. The average Bonchev–Trinajstić information content (AvgIpc) is 2.27. The maximum atomic E-state index is 6.21. The minimum atomic E-state index is -1.13. The summed E-state index contributed by atoms with van der Waals surface area (Å²) in [6.07, 6.45) is 1.88. The number of hydrogen-bond acceptors (Lipinski definition) is 2. The highest BCUT2D eigenvalue weighted by molar-refractivity contribution is 6.39. The highest BCUT2D eigenvalue weighted by Crippen LogP contribution is 2.39. The molecule has 0 radical (unpaired) electrons. The van der Waals surface area contributed by atoms with Crippen LogP contribution in [0.3, 0.4) is 0 Å². The summed E-state index contributed by atoms with van der Waals surface area (Å²) in [4.78, 5) is 0. The Morgan fingerprint density at radius 2 is 1.72 bits per heavy atom. The van der Waals surface area contributed by atoms with Crippen LogP contribution < -0.4 is 11.5 Å². The van der Waals surface area contributed by atoms with E-state index in [1.807, 2.05) is 0 Å². The van der Waals surface area contributed by atoms with Crippen LogP contribution in [-0.2, 0) is 0 Å². The number of rotatable bonds is 1. The van der Waals surface area contributed by atoms with Gasteiger partial charge in [0, 0.05) is 27.1 Å². The van der Waals surface area contributed by atoms with Gasteiger partial charge in [0.25, 0.3) is 0 Å². The molecule has 0 aliphatic heterocycles. The van der Waals surface area contributed by atoms with Gasteiger partial charge in [0.15, 0.2) is 0 Å². The van der Waals surface area contributed by atoms with Crippen molar-refractivity contribution in [2.75, 3.05) is 0 Å². The van der Waals surface area contributed by atoms with Gasteiger partial charge < -0.3 is 11.5 Å². The monoisotopic (exact) mass is 322 g/mol. The molecule has 0 bridgehead atoms. The zero-order valence-corrected chi connectivity index (χ0v) is 12.2. The molecule has 1 aromatic carbocycles. The van der Waals surface area contributed by atoms with Gasteiger partial charge in [0.05, 0.1) is 5.03 Å². The molecule has 96 valence electrons. The molecule has 0 fully saturated rings. The molecule has 6 heteroatoms. The summed E-state index contributed by atoms with van der Waals surface area (Å²) in [5.74, 6) is 0. The van der Waals surface area contributed by atoms with Gasteiger partial charge in [-0.15, -0.1) is 0 Å². The average molecular weight is 324 g/mol. The molecule has 18 heavy (non-hydrogen) atoms. The van der Waals surface area contributed by atoms with Crippen LogP contribution in [0, 0.1) is 0 Å². The Balaban J connectivity index is 2.55. The lowest BCUT2D eigenvalue weighted by atomic mass is 9.93. The van der Waals surface area contributed by atoms with Gasteiger partial charge in [-0.2, -0.15) is 0 Å². The molecule has 0 unspecified atom stereocenters. The highest BCUT2D eigenvalue weighted by Gasteiger charge is 2.30. The lowest BCUT2D eigenvalue weighted by Gasteiger charge is -2.29. The number of nitrogens with two attached hydrogens (primary N) is 2. The third kappa shape index (κ3) is 2.69. The van der Waals surface area contributed by atoms with Crippen LogP contribution in [0.15, 0.2) is 34.3 Å². The van der Waals surface area contributed by atoms with Crippen molar-refractivity contribution in [1.82, 2.24) is 0 Å². The number of benzene rings is 1. The van der Waals surface area contributed by atoms with Gasteiger partial charge in [0.2, 0.25) is 0 Å². The van der Waals surface area contributed by atoms with E-state index < -0.39 is 5.66 Å². The number of hydrogen-bond donors (Lipinski definition) is 2. The normalized spacial score (nSPS) is 18.9. The summed E-state index contributed by atoms with van der Waals surface area (Å²) in [6.45, 7) is 0. The van der Waals surface area contributed by atoms with Crippen molar-refractivity contribution in [2.45, 2.75) is 12.1 Å². The van der Waals surface area contributed by atoms with E-state index in [2.05, 4.69) is 0 Å². The minimum Gasteiger partial charge on any atom is -0.309 e. The van der Waals surface area contributed by atoms with E-state index in [1.165, 1.54) is 0 Å². The predicted octanol–water partition coefficient (Wildman–Crippen LogP) is 4.08. The van der Waals surface area contributed by atoms with E-state index in [9.17, 15) is 0 Å². The molecule has 0 saturated heterocycles. The molecule has 2 rings (SSSR count). The van der Waals surface area contributed by atoms with Crippen molar-refractivity contribution in [3.63, 3.8) is 0 Å². The Kier molecular flexibility index (Phi) is 3.98. The molecular formula is C12H10Cl4N2. The van der Waals surface area contributed by atoms with Gasteiger partial charge in [-0.05, 0) is 29.8 Å². The predicted molar refractivity (Wildman–Crippen MR) is 78.9 cm³/mol. The van der Waals surface area contributed by atoms with Crippen molar-refractivity contribution in [1.29, 1.82) is 0 Å². The largest absolute Gasteiger partial charge is 0.309 e. The Labute approximate surface area is 125 Å². The Bertz CT molecular complexity index is 561. The smallest absolute Gasteiger partial charge is 0.106 e. The first kappa shape index (κ1) is 14.2. The summed E-state index contributed by atoms with van der Waals surface area (Å²) in [5.41, 5.74) is 11.9. The number of allylic oxidation sites excluding steroid dienone is 2. The third-order valence-corrected chi connectivity index (χ3v) is 4.04. The van der Waals surface area contributed by atoms with Crippen molar-refractivity contribution in [3.8, 4) is 0 Å². The fourth-order valence-electron chi connectivity index (χ4n) is 1.70. The molecule has 0 amide bonds. The van der Waals surface area contributed by atoms with Crippen LogP contribution in [-0.4, -0.2) is 5.66 Å². The minimum absolute atomic E-state index is 0.252. The molecule has 4 N–H and O–H groups in total. The lowest BCUT2D eigenvalue weighted by molar-refractivity contribution is 0.542. The highest BCUT2D eigenvalue weighted by atomic mass is 35.5. The molecule has 0 atom stereocenters. The zero-order chi connectivity index (χ0) is 13.5. The van der Waals surface area contributed by atoms with Gasteiger partial charge in [0.1, 0.15) is 5.66 Å². The van der Waals surface area contributed by atoms with Gasteiger partial charge in [-0.3, -0.25) is 0 Å². The van der Waals surface area contributed by atoms with Crippen LogP contribution in [0.2, 0.25) is 10.0 Å². The van der Waals surface area contributed by atoms with E-state index in [1.54, 1.807) is 24.3 Å². The third-order valence-electron chi connectivity index (χ3n) is 2.67. The second-order valence-corrected chi connectivity index (χ2v) is 5.86. The number of halogens is 4. The Hall–Kier alpha value is -0.220. The SMILES string of the molecule is NC1(N)CC(Cl)=C(c2cc(Cl)ccc2Cl)C=C1Cl. The van der Waals surface area contributed by atoms with E-state index >= 15 is 0 Å². The standard InChI is InChI=1S/C12H10Cl4N2/c13-6-1-2-9(14)7(3-6)8-4-11(16)12(17,18)5-10(8)15/h1-4H,5,17-18H2. The second-order valence-electron chi connectivity index (χ2n) is 4.15. The fraction of sp³-hybridized carbons (Fsp3) is 0.167. The van der Waals surface area contributed by atoms with Crippen LogP contribution in [0.4, 0.5) is 0 Å². The van der Waals surface area contributed by atoms with Gasteiger partial charge in [-0.1, -0.05) is 46.4 Å². The van der Waals surface area contributed by atoms with Crippen molar-refractivity contribution >= 4 is 52.0 Å². The van der Waals surface area contributed by atoms with E-state index in [-0.39, 0.29) is 6.42 Å². The van der Waals surface area contributed by atoms with Crippen LogP contribution in [0.1, 0.15) is 12.0 Å². The van der Waals surface area contributed by atoms with Gasteiger partial charge in [-0.25, -0.2) is 0 Å². The summed E-state index contributed by atoms with van der Waals surface area (Å²) in [5, 5.41) is 1.94. The topological polar surface area (TPSA) is 52.0 Å². The van der Waals surface area contributed by atoms with E-state index in [0.29, 0.717) is 31.2 Å². The summed E-state index contributed by atoms with van der Waals surface area (Å²) < 4.78 is 0. The molecule has 0 saturated carbocycles. The molecule has 0 heterocycles. The summed E-state index contributed by atoms with van der Waals surface area (Å²) in [7, 11) is 0. The first-order valence-electron chi connectivity index (χ1n) is 5.11. The maximum Gasteiger partial charge on any atom is 0.106 e. The molecule has 0 aromatic heterocycles. The van der Waals surface area contributed by atoms with Gasteiger partial charge >= 0.3 is 0 Å².